The van der Waals surface area contributed by atoms with Gasteiger partial charge in [-0.05, 0) is 61.6 Å². The van der Waals surface area contributed by atoms with Crippen LogP contribution in [-0.2, 0) is 17.8 Å². The molecular formula is C27H27FN4O2. The van der Waals surface area contributed by atoms with E-state index >= 15 is 0 Å². The van der Waals surface area contributed by atoms with Crippen molar-refractivity contribution in [3.8, 4) is 5.88 Å². The van der Waals surface area contributed by atoms with Gasteiger partial charge in [0.05, 0.1) is 28.9 Å². The Kier molecular flexibility index (Phi) is 6.75. The van der Waals surface area contributed by atoms with Gasteiger partial charge in [-0.15, -0.1) is 0 Å². The van der Waals surface area contributed by atoms with E-state index in [0.717, 1.165) is 23.2 Å². The highest BCUT2D eigenvalue weighted by atomic mass is 19.1. The lowest BCUT2D eigenvalue weighted by Gasteiger charge is -2.11. The van der Waals surface area contributed by atoms with Gasteiger partial charge in [-0.25, -0.2) is 9.38 Å². The number of hydrogen-bond donors (Lipinski definition) is 3. The molecule has 3 aromatic carbocycles. The lowest BCUT2D eigenvalue weighted by Crippen LogP contribution is -2.20. The molecule has 0 radical (unpaired) electrons. The molecule has 0 saturated heterocycles. The summed E-state index contributed by atoms with van der Waals surface area (Å²) in [5, 5.41) is 14.1. The molecule has 0 bridgehead atoms. The standard InChI is InChI=1S/C27H27FN4O2/c1-29-24(33)14-18-5-4-6-19(13-18)26(30-21-10-7-17(8-11-21)16-32(2)3)25-22-12-9-20(28)15-23(22)31-27(25)34/h4-13,15,31,34H,14,16H2,1-3H3,(H,29,33). The highest BCUT2D eigenvalue weighted by Gasteiger charge is 2.19. The first-order valence-corrected chi connectivity index (χ1v) is 11.0. The summed E-state index contributed by atoms with van der Waals surface area (Å²) in [7, 11) is 5.62. The first-order valence-electron chi connectivity index (χ1n) is 11.0. The molecule has 0 unspecified atom stereocenters. The minimum absolute atomic E-state index is 0.0970. The summed E-state index contributed by atoms with van der Waals surface area (Å²) in [6.07, 6.45) is 0.224. The van der Waals surface area contributed by atoms with E-state index in [1.165, 1.54) is 12.1 Å². The fraction of sp³-hybridized carbons (Fsp3) is 0.185. The molecule has 174 valence electrons. The Balaban J connectivity index is 1.86. The number of aromatic nitrogens is 1. The van der Waals surface area contributed by atoms with E-state index in [2.05, 4.69) is 15.2 Å². The van der Waals surface area contributed by atoms with Crippen LogP contribution in [0.4, 0.5) is 10.1 Å². The van der Waals surface area contributed by atoms with E-state index in [1.54, 1.807) is 13.1 Å². The van der Waals surface area contributed by atoms with Crippen LogP contribution in [0.25, 0.3) is 10.9 Å². The highest BCUT2D eigenvalue weighted by Crippen LogP contribution is 2.32. The summed E-state index contributed by atoms with van der Waals surface area (Å²) in [5.41, 5.74) is 4.89. The topological polar surface area (TPSA) is 80.7 Å². The second-order valence-corrected chi connectivity index (χ2v) is 8.45. The van der Waals surface area contributed by atoms with Gasteiger partial charge in [0.1, 0.15) is 5.82 Å². The zero-order valence-electron chi connectivity index (χ0n) is 19.4. The number of halogens is 1. The minimum Gasteiger partial charge on any atom is -0.494 e. The lowest BCUT2D eigenvalue weighted by atomic mass is 9.98. The number of hydrogen-bond acceptors (Lipinski definition) is 4. The second kappa shape index (κ2) is 9.89. The van der Waals surface area contributed by atoms with Crippen molar-refractivity contribution in [1.82, 2.24) is 15.2 Å². The zero-order valence-corrected chi connectivity index (χ0v) is 19.4. The normalized spacial score (nSPS) is 11.9. The number of H-pyrrole nitrogens is 1. The van der Waals surface area contributed by atoms with Crippen molar-refractivity contribution in [1.29, 1.82) is 0 Å². The van der Waals surface area contributed by atoms with Gasteiger partial charge in [-0.1, -0.05) is 30.3 Å². The third kappa shape index (κ3) is 5.15. The molecule has 0 aliphatic heterocycles. The number of benzene rings is 3. The van der Waals surface area contributed by atoms with Crippen molar-refractivity contribution in [3.63, 3.8) is 0 Å². The number of rotatable bonds is 7. The third-order valence-corrected chi connectivity index (χ3v) is 5.50. The number of likely N-dealkylation sites (N-methyl/N-ethyl adjacent to an activating group) is 1. The van der Waals surface area contributed by atoms with Crippen molar-refractivity contribution in [3.05, 3.63) is 94.8 Å². The maximum absolute atomic E-state index is 13.8. The van der Waals surface area contributed by atoms with Crippen LogP contribution in [0.1, 0.15) is 22.3 Å². The van der Waals surface area contributed by atoms with Gasteiger partial charge in [0, 0.05) is 24.5 Å². The Morgan fingerprint density at radius 1 is 1.06 bits per heavy atom. The molecule has 0 aliphatic carbocycles. The molecule has 6 nitrogen and oxygen atoms in total. The number of nitrogens with zero attached hydrogens (tertiary/aromatic N) is 2. The Morgan fingerprint density at radius 3 is 2.53 bits per heavy atom. The fourth-order valence-corrected chi connectivity index (χ4v) is 3.93. The first-order chi connectivity index (χ1) is 16.3. The molecule has 0 aliphatic rings. The Morgan fingerprint density at radius 2 is 1.82 bits per heavy atom. The van der Waals surface area contributed by atoms with Gasteiger partial charge in [0.2, 0.25) is 5.91 Å². The van der Waals surface area contributed by atoms with Crippen LogP contribution in [0.2, 0.25) is 0 Å². The number of carbonyl (C=O) groups is 1. The molecule has 0 spiro atoms. The summed E-state index contributed by atoms with van der Waals surface area (Å²) in [5.74, 6) is -0.597. The number of carbonyl (C=O) groups excluding carboxylic acids is 1. The van der Waals surface area contributed by atoms with Crippen LogP contribution in [-0.4, -0.2) is 47.8 Å². The van der Waals surface area contributed by atoms with Gasteiger partial charge in [0.15, 0.2) is 5.88 Å². The Bertz CT molecular complexity index is 1360. The van der Waals surface area contributed by atoms with Crippen LogP contribution in [0.15, 0.2) is 71.7 Å². The van der Waals surface area contributed by atoms with E-state index < -0.39 is 5.82 Å². The van der Waals surface area contributed by atoms with Crippen molar-refractivity contribution >= 4 is 28.2 Å². The molecule has 4 rings (SSSR count). The number of aromatic hydroxyl groups is 1. The van der Waals surface area contributed by atoms with Gasteiger partial charge < -0.3 is 20.3 Å². The second-order valence-electron chi connectivity index (χ2n) is 8.45. The average molecular weight is 459 g/mol. The number of nitrogens with one attached hydrogen (secondary N) is 2. The number of aliphatic imine (C=N–C) groups is 1. The number of fused-ring (bicyclic) bond motifs is 1. The van der Waals surface area contributed by atoms with E-state index in [0.29, 0.717) is 27.9 Å². The number of amides is 1. The maximum Gasteiger partial charge on any atom is 0.224 e. The van der Waals surface area contributed by atoms with Crippen molar-refractivity contribution in [2.24, 2.45) is 4.99 Å². The summed E-state index contributed by atoms with van der Waals surface area (Å²) in [6, 6.07) is 19.7. The molecule has 4 aromatic rings. The van der Waals surface area contributed by atoms with Gasteiger partial charge in [-0.2, -0.15) is 0 Å². The summed E-state index contributed by atoms with van der Waals surface area (Å²) in [4.78, 5) is 21.8. The van der Waals surface area contributed by atoms with Gasteiger partial charge in [-0.3, -0.25) is 4.79 Å². The van der Waals surface area contributed by atoms with Crippen molar-refractivity contribution in [2.75, 3.05) is 21.1 Å². The minimum atomic E-state index is -0.400. The molecule has 1 aromatic heterocycles. The third-order valence-electron chi connectivity index (χ3n) is 5.50. The molecule has 0 fully saturated rings. The van der Waals surface area contributed by atoms with Crippen LogP contribution >= 0.6 is 0 Å². The number of aromatic amines is 1. The SMILES string of the molecule is CNC(=O)Cc1cccc(C(=Nc2ccc(CN(C)C)cc2)c2c(O)[nH]c3cc(F)ccc23)c1. The quantitative estimate of drug-likeness (QED) is 0.356. The van der Waals surface area contributed by atoms with Crippen molar-refractivity contribution in [2.45, 2.75) is 13.0 Å². The van der Waals surface area contributed by atoms with Crippen molar-refractivity contribution < 1.29 is 14.3 Å². The molecular weight excluding hydrogens is 431 g/mol. The summed E-state index contributed by atoms with van der Waals surface area (Å²) < 4.78 is 13.8. The van der Waals surface area contributed by atoms with E-state index in [-0.39, 0.29) is 18.2 Å². The summed E-state index contributed by atoms with van der Waals surface area (Å²) in [6.45, 7) is 0.813. The Hall–Kier alpha value is -3.97. The maximum atomic E-state index is 13.8. The molecule has 0 atom stereocenters. The van der Waals surface area contributed by atoms with Crippen LogP contribution < -0.4 is 5.32 Å². The fourth-order valence-electron chi connectivity index (χ4n) is 3.93. The van der Waals surface area contributed by atoms with E-state index in [1.807, 2.05) is 62.6 Å². The van der Waals surface area contributed by atoms with E-state index in [9.17, 15) is 14.3 Å². The molecule has 1 heterocycles. The van der Waals surface area contributed by atoms with E-state index in [4.69, 9.17) is 4.99 Å². The molecule has 0 saturated carbocycles. The summed E-state index contributed by atoms with van der Waals surface area (Å²) >= 11 is 0. The van der Waals surface area contributed by atoms with Crippen LogP contribution in [0.5, 0.6) is 5.88 Å². The largest absolute Gasteiger partial charge is 0.494 e. The van der Waals surface area contributed by atoms with Gasteiger partial charge >= 0.3 is 0 Å². The first kappa shape index (κ1) is 23.2. The molecule has 34 heavy (non-hydrogen) atoms. The zero-order chi connectivity index (χ0) is 24.2. The predicted molar refractivity (Wildman–Crippen MR) is 133 cm³/mol. The lowest BCUT2D eigenvalue weighted by molar-refractivity contribution is -0.119. The Labute approximate surface area is 197 Å². The van der Waals surface area contributed by atoms with Crippen LogP contribution in [0.3, 0.4) is 0 Å². The molecule has 7 heteroatoms. The molecule has 1 amide bonds. The highest BCUT2D eigenvalue weighted by molar-refractivity contribution is 6.22. The predicted octanol–water partition coefficient (Wildman–Crippen LogP) is 4.53. The average Bonchev–Trinajstić information content (AvgIpc) is 3.12. The smallest absolute Gasteiger partial charge is 0.224 e. The van der Waals surface area contributed by atoms with Gasteiger partial charge in [0.25, 0.3) is 0 Å². The monoisotopic (exact) mass is 458 g/mol. The van der Waals surface area contributed by atoms with Crippen LogP contribution in [0, 0.1) is 5.82 Å². The molecule has 3 N–H and O–H groups in total.